The van der Waals surface area contributed by atoms with Crippen LogP contribution in [0.15, 0.2) is 53.5 Å². The van der Waals surface area contributed by atoms with Crippen LogP contribution in [0.25, 0.3) is 11.3 Å². The molecule has 0 atom stereocenters. The maximum atomic E-state index is 12.3. The smallest absolute Gasteiger partial charge is 0.261 e. The van der Waals surface area contributed by atoms with Gasteiger partial charge < -0.3 is 10.3 Å². The number of nitrogens with one attached hydrogen (secondary N) is 2. The number of aromatic nitrogens is 3. The van der Waals surface area contributed by atoms with Gasteiger partial charge in [0.25, 0.3) is 11.5 Å². The van der Waals surface area contributed by atoms with Crippen molar-refractivity contribution in [1.29, 1.82) is 0 Å². The van der Waals surface area contributed by atoms with Gasteiger partial charge in [-0.3, -0.25) is 9.59 Å². The molecule has 0 aliphatic rings. The summed E-state index contributed by atoms with van der Waals surface area (Å²) < 4.78 is 0. The van der Waals surface area contributed by atoms with Gasteiger partial charge in [-0.2, -0.15) is 0 Å². The van der Waals surface area contributed by atoms with Crippen molar-refractivity contribution in [3.8, 4) is 11.3 Å². The van der Waals surface area contributed by atoms with Crippen molar-refractivity contribution >= 4 is 5.91 Å². The highest BCUT2D eigenvalue weighted by Crippen LogP contribution is 2.16. The summed E-state index contributed by atoms with van der Waals surface area (Å²) in [7, 11) is 0. The Morgan fingerprint density at radius 2 is 2.00 bits per heavy atom. The molecule has 0 bridgehead atoms. The van der Waals surface area contributed by atoms with Crippen LogP contribution in [-0.4, -0.2) is 20.9 Å². The molecule has 0 fully saturated rings. The lowest BCUT2D eigenvalue weighted by molar-refractivity contribution is 0.0949. The van der Waals surface area contributed by atoms with Gasteiger partial charge in [0, 0.05) is 11.9 Å². The standard InChI is InChI=1S/C19H18N4O2/c1-12-4-3-5-14(10-12)17-7-6-16(19(25)23-17)18(24)21-11-15-8-9-20-13(2)22-15/h3-10H,11H2,1-2H3,(H,21,24)(H,23,25). The summed E-state index contributed by atoms with van der Waals surface area (Å²) in [6.45, 7) is 4.00. The van der Waals surface area contributed by atoms with Crippen LogP contribution in [0.3, 0.4) is 0 Å². The Morgan fingerprint density at radius 1 is 1.16 bits per heavy atom. The fourth-order valence-electron chi connectivity index (χ4n) is 2.50. The van der Waals surface area contributed by atoms with Crippen molar-refractivity contribution in [3.05, 3.63) is 81.7 Å². The van der Waals surface area contributed by atoms with Crippen LogP contribution in [0.4, 0.5) is 0 Å². The molecule has 3 aromatic rings. The first-order chi connectivity index (χ1) is 12.0. The zero-order chi connectivity index (χ0) is 17.8. The number of H-pyrrole nitrogens is 1. The minimum Gasteiger partial charge on any atom is -0.346 e. The molecule has 6 nitrogen and oxygen atoms in total. The minimum atomic E-state index is -0.437. The van der Waals surface area contributed by atoms with Gasteiger partial charge >= 0.3 is 0 Å². The van der Waals surface area contributed by atoms with Crippen LogP contribution in [-0.2, 0) is 6.54 Å². The van der Waals surface area contributed by atoms with E-state index in [1.54, 1.807) is 25.3 Å². The minimum absolute atomic E-state index is 0.0715. The molecule has 3 rings (SSSR count). The van der Waals surface area contributed by atoms with Crippen molar-refractivity contribution in [1.82, 2.24) is 20.3 Å². The lowest BCUT2D eigenvalue weighted by Gasteiger charge is -2.07. The Balaban J connectivity index is 1.76. The maximum absolute atomic E-state index is 12.3. The number of carbonyl (C=O) groups is 1. The average Bonchev–Trinajstić information content (AvgIpc) is 2.59. The summed E-state index contributed by atoms with van der Waals surface area (Å²) in [6.07, 6.45) is 1.63. The number of benzene rings is 1. The Morgan fingerprint density at radius 3 is 2.72 bits per heavy atom. The number of hydrogen-bond donors (Lipinski definition) is 2. The second-order valence-corrected chi connectivity index (χ2v) is 5.76. The van der Waals surface area contributed by atoms with Crippen LogP contribution >= 0.6 is 0 Å². The fourth-order valence-corrected chi connectivity index (χ4v) is 2.50. The first-order valence-corrected chi connectivity index (χ1v) is 7.90. The molecule has 1 amide bonds. The van der Waals surface area contributed by atoms with Gasteiger partial charge in [0.05, 0.1) is 12.2 Å². The zero-order valence-electron chi connectivity index (χ0n) is 14.0. The summed E-state index contributed by atoms with van der Waals surface area (Å²) in [5, 5.41) is 2.70. The Labute approximate surface area is 145 Å². The van der Waals surface area contributed by atoms with Crippen LogP contribution in [0, 0.1) is 13.8 Å². The van der Waals surface area contributed by atoms with E-state index in [9.17, 15) is 9.59 Å². The molecule has 6 heteroatoms. The predicted molar refractivity (Wildman–Crippen MR) is 95.2 cm³/mol. The first kappa shape index (κ1) is 16.6. The first-order valence-electron chi connectivity index (χ1n) is 7.90. The predicted octanol–water partition coefficient (Wildman–Crippen LogP) is 2.38. The Hall–Kier alpha value is -3.28. The van der Waals surface area contributed by atoms with Gasteiger partial charge in [-0.05, 0) is 43.7 Å². The SMILES string of the molecule is Cc1cccc(-c2ccc(C(=O)NCc3ccnc(C)n3)c(=O)[nH]2)c1. The maximum Gasteiger partial charge on any atom is 0.261 e. The number of amides is 1. The molecule has 0 radical (unpaired) electrons. The molecule has 0 saturated heterocycles. The van der Waals surface area contributed by atoms with Crippen LogP contribution < -0.4 is 10.9 Å². The van der Waals surface area contributed by atoms with Crippen LogP contribution in [0.1, 0.15) is 27.4 Å². The molecule has 0 aliphatic heterocycles. The van der Waals surface area contributed by atoms with Gasteiger partial charge in [0.15, 0.2) is 0 Å². The normalized spacial score (nSPS) is 10.5. The average molecular weight is 334 g/mol. The third-order valence-corrected chi connectivity index (χ3v) is 3.75. The quantitative estimate of drug-likeness (QED) is 0.767. The second-order valence-electron chi connectivity index (χ2n) is 5.76. The molecule has 2 heterocycles. The van der Waals surface area contributed by atoms with E-state index in [0.29, 0.717) is 17.2 Å². The van der Waals surface area contributed by atoms with E-state index in [2.05, 4.69) is 20.3 Å². The zero-order valence-corrected chi connectivity index (χ0v) is 14.0. The number of hydrogen-bond acceptors (Lipinski definition) is 4. The van der Waals surface area contributed by atoms with E-state index in [0.717, 1.165) is 11.1 Å². The highest BCUT2D eigenvalue weighted by molar-refractivity contribution is 5.94. The molecule has 0 saturated carbocycles. The number of aryl methyl sites for hydroxylation is 2. The summed E-state index contributed by atoms with van der Waals surface area (Å²) in [5.74, 6) is 0.195. The van der Waals surface area contributed by atoms with Crippen molar-refractivity contribution in [2.24, 2.45) is 0 Å². The molecule has 0 aliphatic carbocycles. The molecule has 1 aromatic carbocycles. The number of carbonyl (C=O) groups excluding carboxylic acids is 1. The number of nitrogens with zero attached hydrogens (tertiary/aromatic N) is 2. The summed E-state index contributed by atoms with van der Waals surface area (Å²) in [4.78, 5) is 35.5. The van der Waals surface area contributed by atoms with Crippen molar-refractivity contribution in [2.45, 2.75) is 20.4 Å². The topological polar surface area (TPSA) is 87.7 Å². The van der Waals surface area contributed by atoms with Gasteiger partial charge in [-0.25, -0.2) is 9.97 Å². The van der Waals surface area contributed by atoms with E-state index in [4.69, 9.17) is 0 Å². The van der Waals surface area contributed by atoms with E-state index in [1.807, 2.05) is 31.2 Å². The summed E-state index contributed by atoms with van der Waals surface area (Å²) in [6, 6.07) is 12.8. The molecule has 0 spiro atoms. The second kappa shape index (κ2) is 7.09. The lowest BCUT2D eigenvalue weighted by Crippen LogP contribution is -2.29. The highest BCUT2D eigenvalue weighted by Gasteiger charge is 2.11. The lowest BCUT2D eigenvalue weighted by atomic mass is 10.1. The Kier molecular flexibility index (Phi) is 4.70. The molecule has 25 heavy (non-hydrogen) atoms. The van der Waals surface area contributed by atoms with Crippen molar-refractivity contribution < 1.29 is 4.79 Å². The van der Waals surface area contributed by atoms with Crippen LogP contribution in [0.5, 0.6) is 0 Å². The molecular formula is C19H18N4O2. The van der Waals surface area contributed by atoms with E-state index < -0.39 is 11.5 Å². The van der Waals surface area contributed by atoms with E-state index >= 15 is 0 Å². The van der Waals surface area contributed by atoms with Crippen LogP contribution in [0.2, 0.25) is 0 Å². The highest BCUT2D eigenvalue weighted by atomic mass is 16.2. The number of rotatable bonds is 4. The number of pyridine rings is 1. The fraction of sp³-hybridized carbons (Fsp3) is 0.158. The van der Waals surface area contributed by atoms with Gasteiger partial charge in [0.1, 0.15) is 11.4 Å². The molecule has 2 N–H and O–H groups in total. The molecule has 2 aromatic heterocycles. The third kappa shape index (κ3) is 3.98. The van der Waals surface area contributed by atoms with Crippen molar-refractivity contribution in [2.75, 3.05) is 0 Å². The third-order valence-electron chi connectivity index (χ3n) is 3.75. The van der Waals surface area contributed by atoms with E-state index in [-0.39, 0.29) is 12.1 Å². The largest absolute Gasteiger partial charge is 0.346 e. The molecule has 126 valence electrons. The van der Waals surface area contributed by atoms with E-state index in [1.165, 1.54) is 6.07 Å². The monoisotopic (exact) mass is 334 g/mol. The van der Waals surface area contributed by atoms with Gasteiger partial charge in [0.2, 0.25) is 0 Å². The molecular weight excluding hydrogens is 316 g/mol. The Bertz CT molecular complexity index is 979. The van der Waals surface area contributed by atoms with Gasteiger partial charge in [-0.15, -0.1) is 0 Å². The van der Waals surface area contributed by atoms with Gasteiger partial charge in [-0.1, -0.05) is 23.8 Å². The number of aromatic amines is 1. The summed E-state index contributed by atoms with van der Waals surface area (Å²) in [5.41, 5.74) is 3.02. The molecule has 0 unspecified atom stereocenters. The summed E-state index contributed by atoms with van der Waals surface area (Å²) >= 11 is 0. The van der Waals surface area contributed by atoms with Crippen molar-refractivity contribution in [3.63, 3.8) is 0 Å².